The molecule has 7 nitrogen and oxygen atoms in total. The number of carbonyl (C=O) groups is 2. The lowest BCUT2D eigenvalue weighted by Crippen LogP contribution is -2.34. The summed E-state index contributed by atoms with van der Waals surface area (Å²) in [5, 5.41) is 5.35. The van der Waals surface area contributed by atoms with E-state index in [9.17, 15) is 18.0 Å². The van der Waals surface area contributed by atoms with E-state index in [-0.39, 0.29) is 24.8 Å². The first-order chi connectivity index (χ1) is 11.6. The molecular weight excluding hydrogens is 342 g/mol. The minimum Gasteiger partial charge on any atom is -0.326 e. The van der Waals surface area contributed by atoms with E-state index in [1.54, 1.807) is 24.3 Å². The molecule has 0 aliphatic carbocycles. The zero-order valence-corrected chi connectivity index (χ0v) is 16.0. The van der Waals surface area contributed by atoms with Crippen molar-refractivity contribution in [1.29, 1.82) is 0 Å². The Balaban J connectivity index is 2.61. The third kappa shape index (κ3) is 8.64. The van der Waals surface area contributed by atoms with Gasteiger partial charge in [0.25, 0.3) is 0 Å². The number of amides is 2. The predicted octanol–water partition coefficient (Wildman–Crippen LogP) is 2.28. The Labute approximate surface area is 149 Å². The average molecular weight is 369 g/mol. The second-order valence-electron chi connectivity index (χ2n) is 6.40. The lowest BCUT2D eigenvalue weighted by Gasteiger charge is -2.20. The van der Waals surface area contributed by atoms with E-state index < -0.39 is 10.0 Å². The molecule has 0 spiro atoms. The van der Waals surface area contributed by atoms with Crippen molar-refractivity contribution < 1.29 is 18.0 Å². The molecule has 140 valence electrons. The van der Waals surface area contributed by atoms with Crippen molar-refractivity contribution >= 4 is 33.2 Å². The van der Waals surface area contributed by atoms with Crippen LogP contribution in [0, 0.1) is 5.92 Å². The molecule has 0 saturated carbocycles. The van der Waals surface area contributed by atoms with Gasteiger partial charge in [0.05, 0.1) is 6.26 Å². The monoisotopic (exact) mass is 369 g/mol. The standard InChI is InChI=1S/C17H27N3O4S/c1-13(2)8-10-20(25(4,23)24)11-9-17(22)19-16-7-5-6-15(12-16)18-14(3)21/h5-7,12-13H,8-11H2,1-4H3,(H,18,21)(H,19,22). The Hall–Kier alpha value is -1.93. The Morgan fingerprint density at radius 1 is 1.12 bits per heavy atom. The molecule has 0 atom stereocenters. The maximum Gasteiger partial charge on any atom is 0.225 e. The van der Waals surface area contributed by atoms with Gasteiger partial charge < -0.3 is 10.6 Å². The van der Waals surface area contributed by atoms with E-state index in [4.69, 9.17) is 0 Å². The van der Waals surface area contributed by atoms with Crippen molar-refractivity contribution in [3.8, 4) is 0 Å². The Morgan fingerprint density at radius 2 is 1.72 bits per heavy atom. The van der Waals surface area contributed by atoms with E-state index >= 15 is 0 Å². The molecule has 0 fully saturated rings. The molecular formula is C17H27N3O4S. The lowest BCUT2D eigenvalue weighted by atomic mass is 10.1. The van der Waals surface area contributed by atoms with E-state index in [0.29, 0.717) is 23.8 Å². The van der Waals surface area contributed by atoms with Gasteiger partial charge >= 0.3 is 0 Å². The quantitative estimate of drug-likeness (QED) is 0.698. The average Bonchev–Trinajstić information content (AvgIpc) is 2.45. The molecule has 1 aromatic rings. The van der Waals surface area contributed by atoms with Crippen molar-refractivity contribution in [3.63, 3.8) is 0 Å². The lowest BCUT2D eigenvalue weighted by molar-refractivity contribution is -0.116. The topological polar surface area (TPSA) is 95.6 Å². The molecule has 2 N–H and O–H groups in total. The van der Waals surface area contributed by atoms with Crippen LogP contribution in [-0.4, -0.2) is 43.9 Å². The summed E-state index contributed by atoms with van der Waals surface area (Å²) in [6, 6.07) is 6.78. The molecule has 1 rings (SSSR count). The Bertz CT molecular complexity index is 702. The number of hydrogen-bond acceptors (Lipinski definition) is 4. The SMILES string of the molecule is CC(=O)Nc1cccc(NC(=O)CCN(CCC(C)C)S(C)(=O)=O)c1. The predicted molar refractivity (Wildman–Crippen MR) is 99.9 cm³/mol. The largest absolute Gasteiger partial charge is 0.326 e. The molecule has 8 heteroatoms. The van der Waals surface area contributed by atoms with Crippen LogP contribution < -0.4 is 10.6 Å². The minimum atomic E-state index is -3.34. The highest BCUT2D eigenvalue weighted by Gasteiger charge is 2.18. The van der Waals surface area contributed by atoms with Gasteiger partial charge in [-0.05, 0) is 30.5 Å². The fraction of sp³-hybridized carbons (Fsp3) is 0.529. The number of nitrogens with zero attached hydrogens (tertiary/aromatic N) is 1. The molecule has 0 aliphatic rings. The van der Waals surface area contributed by atoms with Crippen molar-refractivity contribution in [1.82, 2.24) is 4.31 Å². The fourth-order valence-corrected chi connectivity index (χ4v) is 3.03. The first kappa shape index (κ1) is 21.1. The second-order valence-corrected chi connectivity index (χ2v) is 8.39. The highest BCUT2D eigenvalue weighted by molar-refractivity contribution is 7.88. The van der Waals surface area contributed by atoms with Gasteiger partial charge in [-0.2, -0.15) is 0 Å². The van der Waals surface area contributed by atoms with Crippen LogP contribution >= 0.6 is 0 Å². The van der Waals surface area contributed by atoms with Crippen LogP contribution in [0.25, 0.3) is 0 Å². The Morgan fingerprint density at radius 3 is 2.24 bits per heavy atom. The maximum absolute atomic E-state index is 12.1. The molecule has 0 bridgehead atoms. The van der Waals surface area contributed by atoms with Crippen molar-refractivity contribution in [2.45, 2.75) is 33.6 Å². The normalized spacial score (nSPS) is 11.6. The zero-order valence-electron chi connectivity index (χ0n) is 15.2. The molecule has 2 amide bonds. The van der Waals surface area contributed by atoms with E-state index in [2.05, 4.69) is 10.6 Å². The number of carbonyl (C=O) groups excluding carboxylic acids is 2. The van der Waals surface area contributed by atoms with Crippen LogP contribution in [0.1, 0.15) is 33.6 Å². The first-order valence-electron chi connectivity index (χ1n) is 8.20. The molecule has 1 aromatic carbocycles. The zero-order chi connectivity index (χ0) is 19.0. The minimum absolute atomic E-state index is 0.0650. The van der Waals surface area contributed by atoms with Crippen molar-refractivity contribution in [2.24, 2.45) is 5.92 Å². The Kier molecular flexibility index (Phi) is 8.05. The highest BCUT2D eigenvalue weighted by atomic mass is 32.2. The fourth-order valence-electron chi connectivity index (χ4n) is 2.17. The van der Waals surface area contributed by atoms with Crippen LogP contribution in [0.2, 0.25) is 0 Å². The van der Waals surface area contributed by atoms with Gasteiger partial charge in [0.1, 0.15) is 0 Å². The van der Waals surface area contributed by atoms with Crippen LogP contribution in [0.5, 0.6) is 0 Å². The summed E-state index contributed by atoms with van der Waals surface area (Å²) < 4.78 is 25.0. The molecule has 0 aliphatic heterocycles. The maximum atomic E-state index is 12.1. The number of anilines is 2. The number of rotatable bonds is 9. The first-order valence-corrected chi connectivity index (χ1v) is 10.1. The van der Waals surface area contributed by atoms with E-state index in [1.165, 1.54) is 11.2 Å². The van der Waals surface area contributed by atoms with E-state index in [1.807, 2.05) is 13.8 Å². The molecule has 0 radical (unpaired) electrons. The van der Waals surface area contributed by atoms with Gasteiger partial charge in [0.2, 0.25) is 21.8 Å². The van der Waals surface area contributed by atoms with Gasteiger partial charge in [-0.25, -0.2) is 12.7 Å². The van der Waals surface area contributed by atoms with Gasteiger partial charge in [0, 0.05) is 37.8 Å². The molecule has 25 heavy (non-hydrogen) atoms. The van der Waals surface area contributed by atoms with E-state index in [0.717, 1.165) is 12.7 Å². The third-order valence-corrected chi connectivity index (χ3v) is 4.78. The summed E-state index contributed by atoms with van der Waals surface area (Å²) in [4.78, 5) is 23.2. The van der Waals surface area contributed by atoms with Crippen LogP contribution in [0.3, 0.4) is 0 Å². The summed E-state index contributed by atoms with van der Waals surface area (Å²) in [6.45, 7) is 6.00. The van der Waals surface area contributed by atoms with Crippen LogP contribution in [0.4, 0.5) is 11.4 Å². The van der Waals surface area contributed by atoms with Crippen molar-refractivity contribution in [3.05, 3.63) is 24.3 Å². The summed E-state index contributed by atoms with van der Waals surface area (Å²) in [7, 11) is -3.34. The van der Waals surface area contributed by atoms with Gasteiger partial charge in [-0.15, -0.1) is 0 Å². The summed E-state index contributed by atoms with van der Waals surface area (Å²) in [5.74, 6) is -0.0924. The van der Waals surface area contributed by atoms with Gasteiger partial charge in [-0.1, -0.05) is 19.9 Å². The molecule has 0 aromatic heterocycles. The van der Waals surface area contributed by atoms with Crippen LogP contribution in [-0.2, 0) is 19.6 Å². The second kappa shape index (κ2) is 9.53. The van der Waals surface area contributed by atoms with Gasteiger partial charge in [0.15, 0.2) is 0 Å². The van der Waals surface area contributed by atoms with Gasteiger partial charge in [-0.3, -0.25) is 9.59 Å². The number of hydrogen-bond donors (Lipinski definition) is 2. The molecule has 0 saturated heterocycles. The highest BCUT2D eigenvalue weighted by Crippen LogP contribution is 2.15. The molecule has 0 unspecified atom stereocenters. The number of sulfonamides is 1. The van der Waals surface area contributed by atoms with Crippen LogP contribution in [0.15, 0.2) is 24.3 Å². The smallest absolute Gasteiger partial charge is 0.225 e. The number of benzene rings is 1. The summed E-state index contributed by atoms with van der Waals surface area (Å²) >= 11 is 0. The van der Waals surface area contributed by atoms with Crippen molar-refractivity contribution in [2.75, 3.05) is 30.0 Å². The third-order valence-electron chi connectivity index (χ3n) is 3.48. The molecule has 0 heterocycles. The summed E-state index contributed by atoms with van der Waals surface area (Å²) in [6.07, 6.45) is 1.96. The summed E-state index contributed by atoms with van der Waals surface area (Å²) in [5.41, 5.74) is 1.13. The number of nitrogens with one attached hydrogen (secondary N) is 2.